The number of aryl methyl sites for hydroxylation is 2. The van der Waals surface area contributed by atoms with Gasteiger partial charge in [0.05, 0.1) is 29.5 Å². The normalized spacial score (nSPS) is 11.0. The first-order valence-corrected chi connectivity index (χ1v) is 6.56. The summed E-state index contributed by atoms with van der Waals surface area (Å²) in [6.45, 7) is 2.93. The average molecular weight is 285 g/mol. The van der Waals surface area contributed by atoms with Gasteiger partial charge in [0.15, 0.2) is 0 Å². The van der Waals surface area contributed by atoms with Crippen molar-refractivity contribution in [2.45, 2.75) is 13.5 Å². The van der Waals surface area contributed by atoms with Crippen molar-refractivity contribution in [2.75, 3.05) is 6.54 Å². The van der Waals surface area contributed by atoms with E-state index in [2.05, 4.69) is 25.7 Å². The third-order valence-corrected chi connectivity index (χ3v) is 3.14. The molecule has 0 unspecified atom stereocenters. The molecule has 0 aliphatic heterocycles. The zero-order chi connectivity index (χ0) is 14.8. The highest BCUT2D eigenvalue weighted by molar-refractivity contribution is 5.96. The molecule has 0 fully saturated rings. The van der Waals surface area contributed by atoms with Gasteiger partial charge in [-0.2, -0.15) is 5.10 Å². The zero-order valence-electron chi connectivity index (χ0n) is 11.8. The van der Waals surface area contributed by atoms with Gasteiger partial charge in [0.1, 0.15) is 5.52 Å². The lowest BCUT2D eigenvalue weighted by Gasteiger charge is -2.05. The molecule has 0 saturated heterocycles. The van der Waals surface area contributed by atoms with Crippen LogP contribution in [0.2, 0.25) is 0 Å². The van der Waals surface area contributed by atoms with E-state index in [0.29, 0.717) is 18.7 Å². The maximum Gasteiger partial charge on any atom is 0.252 e. The average Bonchev–Trinajstić information content (AvgIpc) is 3.05. The highest BCUT2D eigenvalue weighted by Gasteiger charge is 2.09. The summed E-state index contributed by atoms with van der Waals surface area (Å²) >= 11 is 0. The van der Waals surface area contributed by atoms with E-state index in [4.69, 9.17) is 0 Å². The van der Waals surface area contributed by atoms with Gasteiger partial charge in [-0.05, 0) is 13.0 Å². The van der Waals surface area contributed by atoms with Crippen LogP contribution in [-0.4, -0.2) is 42.2 Å². The second-order valence-electron chi connectivity index (χ2n) is 4.78. The van der Waals surface area contributed by atoms with E-state index in [0.717, 1.165) is 16.7 Å². The molecule has 3 aromatic rings. The van der Waals surface area contributed by atoms with Crippen LogP contribution in [0, 0.1) is 6.92 Å². The predicted octanol–water partition coefficient (Wildman–Crippen LogP) is 0.298. The summed E-state index contributed by atoms with van der Waals surface area (Å²) in [5.74, 6) is -0.164. The van der Waals surface area contributed by atoms with Crippen molar-refractivity contribution in [1.29, 1.82) is 0 Å². The Balaban J connectivity index is 1.64. The van der Waals surface area contributed by atoms with Crippen LogP contribution >= 0.6 is 0 Å². The highest BCUT2D eigenvalue weighted by atomic mass is 16.1. The topological polar surface area (TPSA) is 90.5 Å². The fraction of sp³-hybridized carbons (Fsp3) is 0.308. The minimum Gasteiger partial charge on any atom is -0.350 e. The van der Waals surface area contributed by atoms with Crippen molar-refractivity contribution in [2.24, 2.45) is 7.05 Å². The van der Waals surface area contributed by atoms with Crippen LogP contribution in [0.1, 0.15) is 16.1 Å². The molecule has 0 saturated carbocycles. The van der Waals surface area contributed by atoms with Crippen molar-refractivity contribution in [3.8, 4) is 0 Å². The van der Waals surface area contributed by atoms with E-state index in [1.807, 2.05) is 20.2 Å². The summed E-state index contributed by atoms with van der Waals surface area (Å²) in [6, 6.07) is 1.78. The number of pyridine rings is 1. The van der Waals surface area contributed by atoms with Crippen molar-refractivity contribution < 1.29 is 4.79 Å². The first kappa shape index (κ1) is 13.2. The molecule has 108 valence electrons. The minimum atomic E-state index is -0.164. The Hall–Kier alpha value is -2.77. The van der Waals surface area contributed by atoms with Crippen LogP contribution in [0.25, 0.3) is 11.0 Å². The van der Waals surface area contributed by atoms with Crippen molar-refractivity contribution in [1.82, 2.24) is 35.1 Å². The fourth-order valence-corrected chi connectivity index (χ4v) is 2.04. The Morgan fingerprint density at radius 3 is 3.00 bits per heavy atom. The van der Waals surface area contributed by atoms with E-state index in [1.165, 1.54) is 0 Å². The van der Waals surface area contributed by atoms with Crippen molar-refractivity contribution >= 4 is 16.9 Å². The Kier molecular flexibility index (Phi) is 3.35. The summed E-state index contributed by atoms with van der Waals surface area (Å²) in [4.78, 5) is 16.3. The SMILES string of the molecule is Cc1cn(CCNC(=O)c2cnc3cnn(C)c3c2)nn1. The van der Waals surface area contributed by atoms with Gasteiger partial charge < -0.3 is 5.32 Å². The van der Waals surface area contributed by atoms with E-state index in [-0.39, 0.29) is 5.91 Å². The number of hydrogen-bond acceptors (Lipinski definition) is 5. The van der Waals surface area contributed by atoms with Gasteiger partial charge in [-0.25, -0.2) is 0 Å². The van der Waals surface area contributed by atoms with Gasteiger partial charge in [-0.15, -0.1) is 5.10 Å². The maximum absolute atomic E-state index is 12.1. The van der Waals surface area contributed by atoms with Gasteiger partial charge in [0.2, 0.25) is 0 Å². The Morgan fingerprint density at radius 1 is 1.38 bits per heavy atom. The molecule has 0 atom stereocenters. The largest absolute Gasteiger partial charge is 0.350 e. The number of nitrogens with zero attached hydrogens (tertiary/aromatic N) is 6. The second-order valence-corrected chi connectivity index (χ2v) is 4.78. The molecule has 0 aliphatic carbocycles. The molecule has 3 aromatic heterocycles. The molecule has 0 spiro atoms. The third-order valence-electron chi connectivity index (χ3n) is 3.14. The van der Waals surface area contributed by atoms with Crippen molar-refractivity contribution in [3.63, 3.8) is 0 Å². The van der Waals surface area contributed by atoms with Gasteiger partial charge in [0.25, 0.3) is 5.91 Å². The first-order chi connectivity index (χ1) is 10.1. The van der Waals surface area contributed by atoms with Gasteiger partial charge in [0, 0.05) is 26.0 Å². The summed E-state index contributed by atoms with van der Waals surface area (Å²) in [7, 11) is 1.82. The van der Waals surface area contributed by atoms with Crippen LogP contribution in [0.4, 0.5) is 0 Å². The molecule has 8 heteroatoms. The number of aromatic nitrogens is 6. The zero-order valence-corrected chi connectivity index (χ0v) is 11.8. The molecule has 0 bridgehead atoms. The molecule has 0 aliphatic rings. The van der Waals surface area contributed by atoms with Gasteiger partial charge in [-0.1, -0.05) is 5.21 Å². The first-order valence-electron chi connectivity index (χ1n) is 6.56. The van der Waals surface area contributed by atoms with E-state index in [1.54, 1.807) is 27.8 Å². The molecule has 0 aromatic carbocycles. The molecule has 8 nitrogen and oxygen atoms in total. The van der Waals surface area contributed by atoms with Crippen LogP contribution in [0.5, 0.6) is 0 Å². The molecule has 1 amide bonds. The number of fused-ring (bicyclic) bond motifs is 1. The maximum atomic E-state index is 12.1. The summed E-state index contributed by atoms with van der Waals surface area (Å²) < 4.78 is 3.38. The van der Waals surface area contributed by atoms with Gasteiger partial charge >= 0.3 is 0 Å². The molecule has 0 radical (unpaired) electrons. The number of carbonyl (C=O) groups is 1. The predicted molar refractivity (Wildman–Crippen MR) is 75.6 cm³/mol. The second kappa shape index (κ2) is 5.31. The van der Waals surface area contributed by atoms with Crippen LogP contribution in [0.15, 0.2) is 24.7 Å². The number of hydrogen-bond donors (Lipinski definition) is 1. The molecule has 21 heavy (non-hydrogen) atoms. The number of carbonyl (C=O) groups excluding carboxylic acids is 1. The highest BCUT2D eigenvalue weighted by Crippen LogP contribution is 2.11. The van der Waals surface area contributed by atoms with Crippen LogP contribution in [0.3, 0.4) is 0 Å². The minimum absolute atomic E-state index is 0.164. The number of rotatable bonds is 4. The number of amides is 1. The molecule has 3 heterocycles. The molecular weight excluding hydrogens is 270 g/mol. The summed E-state index contributed by atoms with van der Waals surface area (Å²) in [6.07, 6.45) is 5.05. The van der Waals surface area contributed by atoms with E-state index >= 15 is 0 Å². The Labute approximate surface area is 120 Å². The lowest BCUT2D eigenvalue weighted by molar-refractivity contribution is 0.0951. The standard InChI is InChI=1S/C13H15N7O/c1-9-8-20(18-17-9)4-3-14-13(21)10-5-12-11(15-6-10)7-16-19(12)2/h5-8H,3-4H2,1-2H3,(H,14,21). The van der Waals surface area contributed by atoms with Crippen LogP contribution in [-0.2, 0) is 13.6 Å². The summed E-state index contributed by atoms with van der Waals surface area (Å²) in [5.41, 5.74) is 2.97. The van der Waals surface area contributed by atoms with E-state index < -0.39 is 0 Å². The quantitative estimate of drug-likeness (QED) is 0.744. The molecular formula is C13H15N7O. The van der Waals surface area contributed by atoms with Gasteiger partial charge in [-0.3, -0.25) is 19.1 Å². The van der Waals surface area contributed by atoms with E-state index in [9.17, 15) is 4.79 Å². The summed E-state index contributed by atoms with van der Waals surface area (Å²) in [5, 5.41) is 14.8. The third kappa shape index (κ3) is 2.73. The lowest BCUT2D eigenvalue weighted by Crippen LogP contribution is -2.27. The van der Waals surface area contributed by atoms with Crippen LogP contribution < -0.4 is 5.32 Å². The number of nitrogens with one attached hydrogen (secondary N) is 1. The smallest absolute Gasteiger partial charge is 0.252 e. The van der Waals surface area contributed by atoms with Crippen molar-refractivity contribution in [3.05, 3.63) is 35.9 Å². The molecule has 1 N–H and O–H groups in total. The fourth-order valence-electron chi connectivity index (χ4n) is 2.04. The monoisotopic (exact) mass is 285 g/mol. The lowest BCUT2D eigenvalue weighted by atomic mass is 10.2. The molecule has 3 rings (SSSR count). The Morgan fingerprint density at radius 2 is 2.24 bits per heavy atom. The Bertz CT molecular complexity index is 789.